The largest absolute Gasteiger partial charge is 0.453 e. The van der Waals surface area contributed by atoms with Crippen LogP contribution in [0.25, 0.3) is 0 Å². The molecule has 0 radical (unpaired) electrons. The van der Waals surface area contributed by atoms with Crippen molar-refractivity contribution in [1.29, 1.82) is 0 Å². The van der Waals surface area contributed by atoms with E-state index in [1.807, 2.05) is 27.7 Å². The lowest BCUT2D eigenvalue weighted by Gasteiger charge is -2.29. The summed E-state index contributed by atoms with van der Waals surface area (Å²) in [5.41, 5.74) is 0. The second-order valence-electron chi connectivity index (χ2n) is 4.40. The molecule has 1 N–H and O–H groups in total. The maximum atomic E-state index is 12.0. The number of carbonyl (C=O) groups excluding carboxylic acids is 2. The van der Waals surface area contributed by atoms with E-state index in [1.165, 1.54) is 7.11 Å². The van der Waals surface area contributed by atoms with Gasteiger partial charge in [-0.2, -0.15) is 0 Å². The summed E-state index contributed by atoms with van der Waals surface area (Å²) in [5, 5.41) is 2.55. The van der Waals surface area contributed by atoms with Crippen molar-refractivity contribution in [2.75, 3.05) is 14.2 Å². The highest BCUT2D eigenvalue weighted by atomic mass is 16.5. The van der Waals surface area contributed by atoms with E-state index < -0.39 is 12.1 Å². The Labute approximate surface area is 97.1 Å². The predicted molar refractivity (Wildman–Crippen MR) is 62.1 cm³/mol. The van der Waals surface area contributed by atoms with Crippen LogP contribution in [-0.2, 0) is 9.53 Å². The summed E-state index contributed by atoms with van der Waals surface area (Å²) in [5.74, 6) is -0.0804. The molecule has 0 saturated heterocycles. The summed E-state index contributed by atoms with van der Waals surface area (Å²) in [7, 11) is 3.00. The van der Waals surface area contributed by atoms with Gasteiger partial charge in [0.15, 0.2) is 0 Å². The van der Waals surface area contributed by atoms with Gasteiger partial charge in [-0.3, -0.25) is 4.79 Å². The van der Waals surface area contributed by atoms with Crippen molar-refractivity contribution < 1.29 is 14.3 Å². The highest BCUT2D eigenvalue weighted by Crippen LogP contribution is 2.07. The molecule has 0 aliphatic carbocycles. The van der Waals surface area contributed by atoms with Crippen LogP contribution in [0.15, 0.2) is 0 Å². The van der Waals surface area contributed by atoms with Crippen LogP contribution in [0, 0.1) is 5.92 Å². The zero-order chi connectivity index (χ0) is 12.9. The lowest BCUT2D eigenvalue weighted by Crippen LogP contribution is -2.51. The number of carbonyl (C=O) groups is 2. The van der Waals surface area contributed by atoms with Gasteiger partial charge in [-0.25, -0.2) is 4.79 Å². The maximum Gasteiger partial charge on any atom is 0.407 e. The molecule has 0 fully saturated rings. The fraction of sp³-hybridized carbons (Fsp3) is 0.818. The van der Waals surface area contributed by atoms with Gasteiger partial charge in [0, 0.05) is 13.1 Å². The summed E-state index contributed by atoms with van der Waals surface area (Å²) in [6.45, 7) is 7.61. The SMILES string of the molecule is COC(=O)N[C@@H](C(=O)N(C)C(C)C)C(C)C. The first-order chi connectivity index (χ1) is 7.31. The molecule has 1 atom stereocenters. The van der Waals surface area contributed by atoms with Gasteiger partial charge in [-0.05, 0) is 19.8 Å². The quantitative estimate of drug-likeness (QED) is 0.790. The Morgan fingerprint density at radius 1 is 1.19 bits per heavy atom. The topological polar surface area (TPSA) is 58.6 Å². The second kappa shape index (κ2) is 6.35. The third-order valence-electron chi connectivity index (χ3n) is 2.51. The van der Waals surface area contributed by atoms with E-state index in [2.05, 4.69) is 10.1 Å². The number of nitrogens with zero attached hydrogens (tertiary/aromatic N) is 1. The Morgan fingerprint density at radius 3 is 2.00 bits per heavy atom. The molecule has 16 heavy (non-hydrogen) atoms. The minimum Gasteiger partial charge on any atom is -0.453 e. The average Bonchev–Trinajstić information content (AvgIpc) is 2.22. The van der Waals surface area contributed by atoms with Gasteiger partial charge in [0.2, 0.25) is 5.91 Å². The number of alkyl carbamates (subject to hydrolysis) is 1. The van der Waals surface area contributed by atoms with Crippen LogP contribution < -0.4 is 5.32 Å². The highest BCUT2D eigenvalue weighted by Gasteiger charge is 2.28. The Bertz CT molecular complexity index is 252. The number of hydrogen-bond donors (Lipinski definition) is 1. The number of amides is 2. The van der Waals surface area contributed by atoms with Gasteiger partial charge in [0.1, 0.15) is 6.04 Å². The normalized spacial score (nSPS) is 12.5. The molecule has 0 unspecified atom stereocenters. The Balaban J connectivity index is 4.66. The van der Waals surface area contributed by atoms with Crippen LogP contribution in [0.3, 0.4) is 0 Å². The summed E-state index contributed by atoms with van der Waals surface area (Å²) >= 11 is 0. The molecule has 0 aromatic heterocycles. The summed E-state index contributed by atoms with van der Waals surface area (Å²) < 4.78 is 4.50. The second-order valence-corrected chi connectivity index (χ2v) is 4.40. The van der Waals surface area contributed by atoms with Crippen LogP contribution in [0.2, 0.25) is 0 Å². The number of rotatable bonds is 4. The zero-order valence-electron chi connectivity index (χ0n) is 10.9. The van der Waals surface area contributed by atoms with Crippen molar-refractivity contribution in [3.05, 3.63) is 0 Å². The number of ether oxygens (including phenoxy) is 1. The first-order valence-corrected chi connectivity index (χ1v) is 5.42. The minimum atomic E-state index is -0.579. The van der Waals surface area contributed by atoms with Crippen molar-refractivity contribution in [1.82, 2.24) is 10.2 Å². The minimum absolute atomic E-state index is 0.0211. The molecule has 0 aliphatic rings. The predicted octanol–water partition coefficient (Wildman–Crippen LogP) is 1.23. The first kappa shape index (κ1) is 14.7. The van der Waals surface area contributed by atoms with E-state index in [-0.39, 0.29) is 17.9 Å². The standard InChI is InChI=1S/C11H22N2O3/c1-7(2)9(12-11(15)16-6)10(14)13(5)8(3)4/h7-9H,1-6H3,(H,12,15)/t9-/m1/s1. The van der Waals surface area contributed by atoms with Gasteiger partial charge in [-0.15, -0.1) is 0 Å². The van der Waals surface area contributed by atoms with Gasteiger partial charge in [0.25, 0.3) is 0 Å². The Hall–Kier alpha value is -1.26. The molecule has 0 bridgehead atoms. The van der Waals surface area contributed by atoms with Crippen LogP contribution in [0.1, 0.15) is 27.7 Å². The van der Waals surface area contributed by atoms with E-state index in [4.69, 9.17) is 0 Å². The van der Waals surface area contributed by atoms with Crippen molar-refractivity contribution in [3.63, 3.8) is 0 Å². The van der Waals surface area contributed by atoms with Crippen molar-refractivity contribution in [3.8, 4) is 0 Å². The van der Waals surface area contributed by atoms with E-state index in [0.29, 0.717) is 0 Å². The molecule has 94 valence electrons. The van der Waals surface area contributed by atoms with Crippen LogP contribution in [-0.4, -0.2) is 43.1 Å². The molecule has 0 aromatic carbocycles. The molecule has 0 aliphatic heterocycles. The lowest BCUT2D eigenvalue weighted by molar-refractivity contribution is -0.134. The number of likely N-dealkylation sites (N-methyl/N-ethyl adjacent to an activating group) is 1. The van der Waals surface area contributed by atoms with Gasteiger partial charge >= 0.3 is 6.09 Å². The molecule has 5 heteroatoms. The van der Waals surface area contributed by atoms with Gasteiger partial charge in [-0.1, -0.05) is 13.8 Å². The fourth-order valence-electron chi connectivity index (χ4n) is 1.17. The molecule has 0 aromatic rings. The molecule has 5 nitrogen and oxygen atoms in total. The third-order valence-corrected chi connectivity index (χ3v) is 2.51. The molecule has 0 saturated carbocycles. The summed E-state index contributed by atoms with van der Waals surface area (Å²) in [6, 6.07) is -0.437. The third kappa shape index (κ3) is 4.08. The van der Waals surface area contributed by atoms with E-state index in [0.717, 1.165) is 0 Å². The summed E-state index contributed by atoms with van der Waals surface area (Å²) in [4.78, 5) is 24.8. The number of methoxy groups -OCH3 is 1. The van der Waals surface area contributed by atoms with Crippen LogP contribution in [0.5, 0.6) is 0 Å². The number of nitrogens with one attached hydrogen (secondary N) is 1. The fourth-order valence-corrected chi connectivity index (χ4v) is 1.17. The molecule has 0 spiro atoms. The van der Waals surface area contributed by atoms with Crippen LogP contribution >= 0.6 is 0 Å². The Morgan fingerprint density at radius 2 is 1.69 bits per heavy atom. The van der Waals surface area contributed by atoms with E-state index >= 15 is 0 Å². The van der Waals surface area contributed by atoms with Crippen molar-refractivity contribution >= 4 is 12.0 Å². The number of hydrogen-bond acceptors (Lipinski definition) is 3. The zero-order valence-corrected chi connectivity index (χ0v) is 10.9. The monoisotopic (exact) mass is 230 g/mol. The molecular weight excluding hydrogens is 208 g/mol. The Kier molecular flexibility index (Phi) is 5.85. The highest BCUT2D eigenvalue weighted by molar-refractivity contribution is 5.85. The van der Waals surface area contributed by atoms with E-state index in [9.17, 15) is 9.59 Å². The molecule has 2 amide bonds. The van der Waals surface area contributed by atoms with E-state index in [1.54, 1.807) is 11.9 Å². The lowest BCUT2D eigenvalue weighted by atomic mass is 10.0. The smallest absolute Gasteiger partial charge is 0.407 e. The summed E-state index contributed by atoms with van der Waals surface area (Å²) in [6.07, 6.45) is -0.579. The van der Waals surface area contributed by atoms with Gasteiger partial charge in [0.05, 0.1) is 7.11 Å². The molecular formula is C11H22N2O3. The van der Waals surface area contributed by atoms with Crippen molar-refractivity contribution in [2.24, 2.45) is 5.92 Å². The molecule has 0 heterocycles. The van der Waals surface area contributed by atoms with Crippen molar-refractivity contribution in [2.45, 2.75) is 39.8 Å². The van der Waals surface area contributed by atoms with Gasteiger partial charge < -0.3 is 15.0 Å². The van der Waals surface area contributed by atoms with Crippen LogP contribution in [0.4, 0.5) is 4.79 Å². The maximum absolute atomic E-state index is 12.0. The first-order valence-electron chi connectivity index (χ1n) is 5.42. The average molecular weight is 230 g/mol. The molecule has 0 rings (SSSR count).